The van der Waals surface area contributed by atoms with Gasteiger partial charge in [0.05, 0.1) is 12.0 Å². The molecule has 10 heteroatoms. The molecule has 4 rings (SSSR count). The molecule has 0 saturated carbocycles. The molecular formula is C34H36N4O5S. The van der Waals surface area contributed by atoms with Crippen molar-refractivity contribution in [3.05, 3.63) is 99.5 Å². The molecule has 0 radical (unpaired) electrons. The Morgan fingerprint density at radius 2 is 1.64 bits per heavy atom. The number of benzene rings is 2. The van der Waals surface area contributed by atoms with Crippen LogP contribution in [-0.2, 0) is 21.4 Å². The summed E-state index contributed by atoms with van der Waals surface area (Å²) < 4.78 is 5.26. The minimum absolute atomic E-state index is 0.115. The zero-order valence-electron chi connectivity index (χ0n) is 25.3. The number of hydrogen-bond donors (Lipinski definition) is 3. The van der Waals surface area contributed by atoms with Crippen LogP contribution in [0.3, 0.4) is 0 Å². The number of hydrogen-bond acceptors (Lipinski definition) is 7. The highest BCUT2D eigenvalue weighted by Crippen LogP contribution is 2.29. The second kappa shape index (κ2) is 14.1. The number of ether oxygens (including phenoxy) is 1. The Labute approximate surface area is 261 Å². The molecule has 0 bridgehead atoms. The molecule has 4 aromatic rings. The third-order valence-electron chi connectivity index (χ3n) is 6.81. The van der Waals surface area contributed by atoms with E-state index in [1.807, 2.05) is 66.7 Å². The predicted molar refractivity (Wildman–Crippen MR) is 173 cm³/mol. The lowest BCUT2D eigenvalue weighted by atomic mass is 9.95. The van der Waals surface area contributed by atoms with Gasteiger partial charge in [-0.25, -0.2) is 9.97 Å². The van der Waals surface area contributed by atoms with Crippen LogP contribution in [0.1, 0.15) is 58.9 Å². The molecule has 9 nitrogen and oxygen atoms in total. The van der Waals surface area contributed by atoms with E-state index >= 15 is 0 Å². The van der Waals surface area contributed by atoms with Gasteiger partial charge in [-0.2, -0.15) is 0 Å². The molecule has 2 heterocycles. The van der Waals surface area contributed by atoms with E-state index in [0.717, 1.165) is 32.9 Å². The first-order chi connectivity index (χ1) is 20.9. The van der Waals surface area contributed by atoms with Gasteiger partial charge in [0.15, 0.2) is 5.82 Å². The molecule has 2 aromatic carbocycles. The molecule has 2 atom stereocenters. The van der Waals surface area contributed by atoms with Gasteiger partial charge in [-0.3, -0.25) is 14.4 Å². The van der Waals surface area contributed by atoms with E-state index in [0.29, 0.717) is 10.7 Å². The van der Waals surface area contributed by atoms with Crippen LogP contribution in [0.5, 0.6) is 5.75 Å². The summed E-state index contributed by atoms with van der Waals surface area (Å²) in [5.41, 5.74) is 3.28. The van der Waals surface area contributed by atoms with Crippen LogP contribution in [0, 0.1) is 0 Å². The highest BCUT2D eigenvalue weighted by molar-refractivity contribution is 7.14. The number of nitrogens with one attached hydrogen (secondary N) is 2. The maximum atomic E-state index is 13.1. The van der Waals surface area contributed by atoms with Crippen LogP contribution in [0.25, 0.3) is 23.5 Å². The molecule has 0 aliphatic rings. The van der Waals surface area contributed by atoms with Crippen LogP contribution < -0.4 is 15.4 Å². The van der Waals surface area contributed by atoms with Crippen molar-refractivity contribution >= 4 is 41.3 Å². The SMILES string of the molecule is COc1cccc(/C=C/c2cnc(-c3ccc(C[C@H](NC(=O)c4ccc(C(C)(C)C)s4)C(=O)NC(C)C(=O)O)cc3)nc2)c1. The second-order valence-electron chi connectivity index (χ2n) is 11.4. The summed E-state index contributed by atoms with van der Waals surface area (Å²) in [6.45, 7) is 7.57. The standard InChI is InChI=1S/C34H36N4O5S/c1-21(33(41)42)37-31(39)27(38-32(40)28-15-16-29(44-28)34(2,3)4)18-23-11-13-25(14-12-23)30-35-19-24(20-36-30)10-9-22-7-6-8-26(17-22)43-5/h6-17,19-21,27H,18H2,1-5H3,(H,37,39)(H,38,40)(H,41,42)/b10-9+/t21?,27-/m0/s1. The van der Waals surface area contributed by atoms with Gasteiger partial charge in [-0.15, -0.1) is 11.3 Å². The van der Waals surface area contributed by atoms with Crippen molar-refractivity contribution in [3.8, 4) is 17.1 Å². The largest absolute Gasteiger partial charge is 0.497 e. The average molecular weight is 613 g/mol. The topological polar surface area (TPSA) is 131 Å². The molecule has 2 amide bonds. The maximum absolute atomic E-state index is 13.1. The molecular weight excluding hydrogens is 576 g/mol. The molecule has 0 fully saturated rings. The van der Waals surface area contributed by atoms with Crippen molar-refractivity contribution in [2.45, 2.75) is 51.6 Å². The van der Waals surface area contributed by atoms with E-state index in [4.69, 9.17) is 4.74 Å². The van der Waals surface area contributed by atoms with Crippen molar-refractivity contribution in [3.63, 3.8) is 0 Å². The monoisotopic (exact) mass is 612 g/mol. The summed E-state index contributed by atoms with van der Waals surface area (Å²) >= 11 is 1.37. The Balaban J connectivity index is 1.46. The van der Waals surface area contributed by atoms with Crippen molar-refractivity contribution in [1.29, 1.82) is 0 Å². The normalized spacial score (nSPS) is 12.8. The van der Waals surface area contributed by atoms with E-state index in [1.165, 1.54) is 18.3 Å². The average Bonchev–Trinajstić information content (AvgIpc) is 3.52. The van der Waals surface area contributed by atoms with Gasteiger partial charge >= 0.3 is 5.97 Å². The maximum Gasteiger partial charge on any atom is 0.325 e. The third kappa shape index (κ3) is 8.61. The zero-order valence-corrected chi connectivity index (χ0v) is 26.1. The van der Waals surface area contributed by atoms with E-state index in [9.17, 15) is 19.5 Å². The van der Waals surface area contributed by atoms with Gasteiger partial charge in [-0.1, -0.05) is 69.3 Å². The number of carboxylic acid groups (broad SMARTS) is 1. The first kappa shape index (κ1) is 32.1. The Bertz CT molecular complexity index is 1640. The first-order valence-electron chi connectivity index (χ1n) is 14.1. The smallest absolute Gasteiger partial charge is 0.325 e. The molecule has 0 saturated heterocycles. The van der Waals surface area contributed by atoms with Gasteiger partial charge < -0.3 is 20.5 Å². The molecule has 0 aliphatic carbocycles. The number of carbonyl (C=O) groups is 3. The number of thiophene rings is 1. The summed E-state index contributed by atoms with van der Waals surface area (Å²) in [6, 6.07) is 16.7. The zero-order chi connectivity index (χ0) is 31.9. The van der Waals surface area contributed by atoms with E-state index in [1.54, 1.807) is 25.6 Å². The molecule has 0 spiro atoms. The van der Waals surface area contributed by atoms with Crippen LogP contribution in [0.2, 0.25) is 0 Å². The number of carbonyl (C=O) groups excluding carboxylic acids is 2. The highest BCUT2D eigenvalue weighted by atomic mass is 32.1. The number of methoxy groups -OCH3 is 1. The molecule has 0 aliphatic heterocycles. The van der Waals surface area contributed by atoms with Gasteiger partial charge in [0.1, 0.15) is 17.8 Å². The van der Waals surface area contributed by atoms with Crippen molar-refractivity contribution in [1.82, 2.24) is 20.6 Å². The van der Waals surface area contributed by atoms with Crippen LogP contribution in [0.15, 0.2) is 73.1 Å². The van der Waals surface area contributed by atoms with E-state index in [2.05, 4.69) is 41.4 Å². The minimum atomic E-state index is -1.16. The minimum Gasteiger partial charge on any atom is -0.497 e. The van der Waals surface area contributed by atoms with Crippen LogP contribution in [0.4, 0.5) is 0 Å². The fourth-order valence-electron chi connectivity index (χ4n) is 4.21. The molecule has 3 N–H and O–H groups in total. The Kier molecular flexibility index (Phi) is 10.3. The number of aliphatic carboxylic acids is 1. The molecule has 2 aromatic heterocycles. The Hall–Kier alpha value is -4.83. The fraction of sp³-hybridized carbons (Fsp3) is 0.265. The van der Waals surface area contributed by atoms with Crippen molar-refractivity contribution in [2.75, 3.05) is 7.11 Å². The van der Waals surface area contributed by atoms with Crippen LogP contribution >= 0.6 is 11.3 Å². The lowest BCUT2D eigenvalue weighted by Gasteiger charge is -2.20. The first-order valence-corrected chi connectivity index (χ1v) is 14.9. The highest BCUT2D eigenvalue weighted by Gasteiger charge is 2.26. The van der Waals surface area contributed by atoms with Gasteiger partial charge in [0, 0.05) is 34.8 Å². The Morgan fingerprint density at radius 1 is 0.955 bits per heavy atom. The van der Waals surface area contributed by atoms with Gasteiger partial charge in [-0.05, 0) is 47.7 Å². The summed E-state index contributed by atoms with van der Waals surface area (Å²) in [5.74, 6) is -0.809. The second-order valence-corrected chi connectivity index (χ2v) is 12.4. The number of carboxylic acids is 1. The quantitative estimate of drug-likeness (QED) is 0.201. The summed E-state index contributed by atoms with van der Waals surface area (Å²) in [4.78, 5) is 48.0. The van der Waals surface area contributed by atoms with Crippen molar-refractivity contribution in [2.24, 2.45) is 0 Å². The summed E-state index contributed by atoms with van der Waals surface area (Å²) in [7, 11) is 1.63. The van der Waals surface area contributed by atoms with E-state index < -0.39 is 24.0 Å². The summed E-state index contributed by atoms with van der Waals surface area (Å²) in [5, 5.41) is 14.6. The van der Waals surface area contributed by atoms with Gasteiger partial charge in [0.25, 0.3) is 5.91 Å². The lowest BCUT2D eigenvalue weighted by molar-refractivity contribution is -0.141. The van der Waals surface area contributed by atoms with Crippen LogP contribution in [-0.4, -0.2) is 52.1 Å². The Morgan fingerprint density at radius 3 is 2.25 bits per heavy atom. The number of aromatic nitrogens is 2. The summed E-state index contributed by atoms with van der Waals surface area (Å²) in [6.07, 6.45) is 7.52. The van der Waals surface area contributed by atoms with Gasteiger partial charge in [0.2, 0.25) is 5.91 Å². The molecule has 44 heavy (non-hydrogen) atoms. The molecule has 1 unspecified atom stereocenters. The third-order valence-corrected chi connectivity index (χ3v) is 8.32. The molecule has 228 valence electrons. The predicted octanol–water partition coefficient (Wildman–Crippen LogP) is 5.61. The number of nitrogens with zero attached hydrogens (tertiary/aromatic N) is 2. The fourth-order valence-corrected chi connectivity index (χ4v) is 5.18. The van der Waals surface area contributed by atoms with Crippen molar-refractivity contribution < 1.29 is 24.2 Å². The number of rotatable bonds is 11. The van der Waals surface area contributed by atoms with E-state index in [-0.39, 0.29) is 17.7 Å². The lowest BCUT2D eigenvalue weighted by Crippen LogP contribution is -2.51. The number of amides is 2.